The summed E-state index contributed by atoms with van der Waals surface area (Å²) < 4.78 is 28.8. The molecule has 14 heavy (non-hydrogen) atoms. The second-order valence-electron chi connectivity index (χ2n) is 2.81. The molecule has 4 nitrogen and oxygen atoms in total. The molecule has 0 aromatic rings. The Balaban J connectivity index is 0.00000169. The van der Waals surface area contributed by atoms with Crippen LogP contribution in [0.15, 0.2) is 0 Å². The average Bonchev–Trinajstić information content (AvgIpc) is 2.03. The van der Waals surface area contributed by atoms with E-state index in [4.69, 9.17) is 9.84 Å². The molecule has 1 unspecified atom stereocenters. The van der Waals surface area contributed by atoms with Crippen LogP contribution in [0, 0.1) is 0 Å². The highest BCUT2D eigenvalue weighted by Crippen LogP contribution is 2.09. The zero-order valence-corrected chi connectivity index (χ0v) is 8.17. The van der Waals surface area contributed by atoms with Crippen LogP contribution in [0.5, 0.6) is 0 Å². The third-order valence-electron chi connectivity index (χ3n) is 1.90. The molecule has 1 saturated heterocycles. The van der Waals surface area contributed by atoms with E-state index in [9.17, 15) is 13.6 Å². The Morgan fingerprint density at radius 2 is 2.29 bits per heavy atom. The fourth-order valence-electron chi connectivity index (χ4n) is 1.26. The van der Waals surface area contributed by atoms with Crippen LogP contribution >= 0.6 is 12.4 Å². The molecule has 1 aliphatic rings. The number of carboxylic acids is 1. The summed E-state index contributed by atoms with van der Waals surface area (Å²) in [5, 5.41) is 8.65. The van der Waals surface area contributed by atoms with Gasteiger partial charge in [0.25, 0.3) is 6.43 Å². The second kappa shape index (κ2) is 6.10. The number of halogens is 3. The Hall–Kier alpha value is -0.460. The van der Waals surface area contributed by atoms with Crippen molar-refractivity contribution in [3.8, 4) is 0 Å². The molecular weight excluding hydrogens is 220 g/mol. The summed E-state index contributed by atoms with van der Waals surface area (Å²) in [7, 11) is 0. The number of hydrogen-bond acceptors (Lipinski definition) is 3. The van der Waals surface area contributed by atoms with E-state index in [1.807, 2.05) is 0 Å². The van der Waals surface area contributed by atoms with Crippen molar-refractivity contribution in [2.45, 2.75) is 12.5 Å². The molecular formula is C7H12ClF2NO3. The first-order valence-corrected chi connectivity index (χ1v) is 3.94. The van der Waals surface area contributed by atoms with Crippen molar-refractivity contribution in [3.05, 3.63) is 0 Å². The summed E-state index contributed by atoms with van der Waals surface area (Å²) in [4.78, 5) is 11.8. The number of nitrogens with zero attached hydrogens (tertiary/aromatic N) is 1. The van der Waals surface area contributed by atoms with Gasteiger partial charge in [-0.05, 0) is 0 Å². The summed E-state index contributed by atoms with van der Waals surface area (Å²) in [5.74, 6) is -1.11. The van der Waals surface area contributed by atoms with E-state index >= 15 is 0 Å². The van der Waals surface area contributed by atoms with Crippen molar-refractivity contribution in [2.24, 2.45) is 0 Å². The van der Waals surface area contributed by atoms with Gasteiger partial charge in [0.2, 0.25) is 0 Å². The summed E-state index contributed by atoms with van der Waals surface area (Å²) >= 11 is 0. The van der Waals surface area contributed by atoms with Gasteiger partial charge in [0, 0.05) is 6.54 Å². The van der Waals surface area contributed by atoms with Crippen LogP contribution in [0.25, 0.3) is 0 Å². The van der Waals surface area contributed by atoms with Gasteiger partial charge in [0.15, 0.2) is 0 Å². The van der Waals surface area contributed by atoms with Crippen LogP contribution in [0.3, 0.4) is 0 Å². The Labute approximate surface area is 86.2 Å². The quantitative estimate of drug-likeness (QED) is 0.767. The van der Waals surface area contributed by atoms with Crippen LogP contribution in [0.4, 0.5) is 8.78 Å². The normalized spacial score (nSPS) is 23.2. The predicted octanol–water partition coefficient (Wildman–Crippen LogP) is 0.459. The third-order valence-corrected chi connectivity index (χ3v) is 1.90. The zero-order chi connectivity index (χ0) is 9.84. The van der Waals surface area contributed by atoms with E-state index in [-0.39, 0.29) is 25.6 Å². The first-order valence-electron chi connectivity index (χ1n) is 3.94. The maximum absolute atomic E-state index is 12.0. The number of carboxylic acid groups (broad SMARTS) is 1. The summed E-state index contributed by atoms with van der Waals surface area (Å²) in [6.07, 6.45) is -2.50. The number of ether oxygens (including phenoxy) is 1. The molecule has 0 radical (unpaired) electrons. The highest BCUT2D eigenvalue weighted by Gasteiger charge is 2.30. The minimum atomic E-state index is -2.50. The fourth-order valence-corrected chi connectivity index (χ4v) is 1.26. The van der Waals surface area contributed by atoms with Gasteiger partial charge < -0.3 is 9.84 Å². The number of alkyl halides is 2. The monoisotopic (exact) mass is 231 g/mol. The van der Waals surface area contributed by atoms with Gasteiger partial charge in [-0.15, -0.1) is 12.4 Å². The molecule has 0 aromatic carbocycles. The molecule has 1 N–H and O–H groups in total. The Morgan fingerprint density at radius 1 is 1.64 bits per heavy atom. The van der Waals surface area contributed by atoms with Gasteiger partial charge in [-0.1, -0.05) is 0 Å². The first-order chi connectivity index (χ1) is 6.11. The molecule has 0 spiro atoms. The highest BCUT2D eigenvalue weighted by atomic mass is 35.5. The fraction of sp³-hybridized carbons (Fsp3) is 0.857. The number of carbonyl (C=O) groups is 1. The SMILES string of the molecule is Cl.O=C(O)C1COCCN1CC(F)F. The molecule has 0 saturated carbocycles. The predicted molar refractivity (Wildman–Crippen MR) is 47.1 cm³/mol. The molecule has 0 aliphatic carbocycles. The maximum atomic E-state index is 12.0. The van der Waals surface area contributed by atoms with E-state index < -0.39 is 25.0 Å². The molecule has 84 valence electrons. The molecule has 1 aliphatic heterocycles. The lowest BCUT2D eigenvalue weighted by atomic mass is 10.2. The van der Waals surface area contributed by atoms with Crippen LogP contribution in [-0.4, -0.2) is 54.7 Å². The van der Waals surface area contributed by atoms with E-state index in [1.54, 1.807) is 0 Å². The molecule has 1 heterocycles. The van der Waals surface area contributed by atoms with Gasteiger partial charge in [0.05, 0.1) is 19.8 Å². The number of hydrogen-bond donors (Lipinski definition) is 1. The molecule has 1 atom stereocenters. The lowest BCUT2D eigenvalue weighted by Gasteiger charge is -2.32. The number of morpholine rings is 1. The van der Waals surface area contributed by atoms with Crippen molar-refractivity contribution in [1.82, 2.24) is 4.90 Å². The van der Waals surface area contributed by atoms with Crippen molar-refractivity contribution in [1.29, 1.82) is 0 Å². The molecule has 0 bridgehead atoms. The lowest BCUT2D eigenvalue weighted by molar-refractivity contribution is -0.150. The van der Waals surface area contributed by atoms with Gasteiger partial charge in [-0.25, -0.2) is 8.78 Å². The van der Waals surface area contributed by atoms with Gasteiger partial charge in [0.1, 0.15) is 6.04 Å². The van der Waals surface area contributed by atoms with Crippen LogP contribution < -0.4 is 0 Å². The highest BCUT2D eigenvalue weighted by molar-refractivity contribution is 5.85. The molecule has 1 fully saturated rings. The van der Waals surface area contributed by atoms with Gasteiger partial charge in [-0.2, -0.15) is 0 Å². The van der Waals surface area contributed by atoms with E-state index in [0.717, 1.165) is 0 Å². The van der Waals surface area contributed by atoms with E-state index in [0.29, 0.717) is 6.61 Å². The topological polar surface area (TPSA) is 49.8 Å². The van der Waals surface area contributed by atoms with E-state index in [1.165, 1.54) is 4.90 Å². The number of aliphatic carboxylic acids is 1. The molecule has 0 aromatic heterocycles. The van der Waals surface area contributed by atoms with Crippen molar-refractivity contribution < 1.29 is 23.4 Å². The Kier molecular flexibility index (Phi) is 5.90. The van der Waals surface area contributed by atoms with Crippen molar-refractivity contribution >= 4 is 18.4 Å². The average molecular weight is 232 g/mol. The minimum Gasteiger partial charge on any atom is -0.480 e. The zero-order valence-electron chi connectivity index (χ0n) is 7.36. The maximum Gasteiger partial charge on any atom is 0.323 e. The standard InChI is InChI=1S/C7H11F2NO3.ClH/c8-6(9)3-10-1-2-13-4-5(10)7(11)12;/h5-6H,1-4H2,(H,11,12);1H. The van der Waals surface area contributed by atoms with Gasteiger partial charge >= 0.3 is 5.97 Å². The Bertz CT molecular complexity index is 194. The van der Waals surface area contributed by atoms with Crippen LogP contribution in [0.1, 0.15) is 0 Å². The summed E-state index contributed by atoms with van der Waals surface area (Å²) in [6, 6.07) is -0.928. The van der Waals surface area contributed by atoms with Crippen LogP contribution in [-0.2, 0) is 9.53 Å². The lowest BCUT2D eigenvalue weighted by Crippen LogP contribution is -2.51. The van der Waals surface area contributed by atoms with Crippen LogP contribution in [0.2, 0.25) is 0 Å². The third kappa shape index (κ3) is 3.73. The molecule has 7 heteroatoms. The molecule has 0 amide bonds. The van der Waals surface area contributed by atoms with Gasteiger partial charge in [-0.3, -0.25) is 9.69 Å². The van der Waals surface area contributed by atoms with Crippen molar-refractivity contribution in [2.75, 3.05) is 26.3 Å². The minimum absolute atomic E-state index is 0. The summed E-state index contributed by atoms with van der Waals surface area (Å²) in [6.45, 7) is 0.0557. The Morgan fingerprint density at radius 3 is 2.79 bits per heavy atom. The largest absolute Gasteiger partial charge is 0.480 e. The molecule has 1 rings (SSSR count). The first kappa shape index (κ1) is 13.5. The summed E-state index contributed by atoms with van der Waals surface area (Å²) in [5.41, 5.74) is 0. The number of rotatable bonds is 3. The van der Waals surface area contributed by atoms with E-state index in [2.05, 4.69) is 0 Å². The van der Waals surface area contributed by atoms with Crippen molar-refractivity contribution in [3.63, 3.8) is 0 Å². The second-order valence-corrected chi connectivity index (χ2v) is 2.81. The smallest absolute Gasteiger partial charge is 0.323 e.